The van der Waals surface area contributed by atoms with E-state index in [1.165, 1.54) is 57.4 Å². The number of hydrogen-bond acceptors (Lipinski definition) is 1. The number of rotatable bonds is 4. The second kappa shape index (κ2) is 7.68. The van der Waals surface area contributed by atoms with E-state index in [4.69, 9.17) is 4.74 Å². The minimum Gasteiger partial charge on any atom is -0.490 e. The van der Waals surface area contributed by atoms with Gasteiger partial charge in [0.1, 0.15) is 0 Å². The Morgan fingerprint density at radius 3 is 2.17 bits per heavy atom. The van der Waals surface area contributed by atoms with Crippen LogP contribution < -0.4 is 4.74 Å². The van der Waals surface area contributed by atoms with Gasteiger partial charge >= 0.3 is 0 Å². The summed E-state index contributed by atoms with van der Waals surface area (Å²) >= 11 is 0. The van der Waals surface area contributed by atoms with Gasteiger partial charge in [0.25, 0.3) is 0 Å². The fourth-order valence-corrected chi connectivity index (χ4v) is 4.58. The predicted octanol–water partition coefficient (Wildman–Crippen LogP) is 6.15. The molecule has 0 radical (unpaired) electrons. The number of para-hydroxylation sites is 1. The summed E-state index contributed by atoms with van der Waals surface area (Å²) in [4.78, 5) is 0. The Kier molecular flexibility index (Phi) is 5.61. The molecule has 2 saturated carbocycles. The smallest absolute Gasteiger partial charge is 0.165 e. The van der Waals surface area contributed by atoms with Gasteiger partial charge in [-0.15, -0.1) is 0 Å². The van der Waals surface area contributed by atoms with Crippen LogP contribution in [0.3, 0.4) is 0 Å². The summed E-state index contributed by atoms with van der Waals surface area (Å²) in [7, 11) is 0. The van der Waals surface area contributed by atoms with Gasteiger partial charge in [0.05, 0.1) is 6.61 Å². The third-order valence-electron chi connectivity index (χ3n) is 6.25. The van der Waals surface area contributed by atoms with Crippen LogP contribution in [0.1, 0.15) is 63.9 Å². The van der Waals surface area contributed by atoms with Crippen molar-refractivity contribution in [1.82, 2.24) is 0 Å². The molecule has 2 aliphatic rings. The van der Waals surface area contributed by atoms with Crippen molar-refractivity contribution in [2.75, 3.05) is 6.61 Å². The van der Waals surface area contributed by atoms with Gasteiger partial charge in [-0.1, -0.05) is 31.9 Å². The lowest BCUT2D eigenvalue weighted by Gasteiger charge is -2.37. The highest BCUT2D eigenvalue weighted by molar-refractivity contribution is 5.33. The van der Waals surface area contributed by atoms with E-state index in [-0.39, 0.29) is 5.82 Å². The van der Waals surface area contributed by atoms with Crippen molar-refractivity contribution < 1.29 is 9.13 Å². The van der Waals surface area contributed by atoms with Crippen LogP contribution in [0.25, 0.3) is 0 Å². The van der Waals surface area contributed by atoms with Gasteiger partial charge in [-0.25, -0.2) is 4.39 Å². The van der Waals surface area contributed by atoms with E-state index in [1.54, 1.807) is 6.07 Å². The van der Waals surface area contributed by atoms with Crippen molar-refractivity contribution in [1.29, 1.82) is 0 Å². The summed E-state index contributed by atoms with van der Waals surface area (Å²) in [5.41, 5.74) is 0.898. The zero-order valence-corrected chi connectivity index (χ0v) is 14.7. The molecule has 1 aromatic carbocycles. The van der Waals surface area contributed by atoms with Crippen molar-refractivity contribution in [3.05, 3.63) is 29.6 Å². The first-order valence-corrected chi connectivity index (χ1v) is 9.51. The Balaban J connectivity index is 1.44. The highest BCUT2D eigenvalue weighted by Crippen LogP contribution is 2.41. The van der Waals surface area contributed by atoms with E-state index < -0.39 is 0 Å². The van der Waals surface area contributed by atoms with E-state index in [9.17, 15) is 4.39 Å². The van der Waals surface area contributed by atoms with Gasteiger partial charge in [0.15, 0.2) is 11.6 Å². The van der Waals surface area contributed by atoms with Crippen molar-refractivity contribution in [2.45, 2.75) is 65.2 Å². The number of halogens is 1. The van der Waals surface area contributed by atoms with Crippen LogP contribution in [0.15, 0.2) is 18.2 Å². The molecular formula is C21H31FO. The summed E-state index contributed by atoms with van der Waals surface area (Å²) in [6.07, 6.45) is 11.0. The zero-order chi connectivity index (χ0) is 16.2. The molecule has 0 atom stereocenters. The zero-order valence-electron chi connectivity index (χ0n) is 14.7. The van der Waals surface area contributed by atoms with E-state index in [0.717, 1.165) is 23.3 Å². The first kappa shape index (κ1) is 16.8. The average Bonchev–Trinajstić information content (AvgIpc) is 2.56. The van der Waals surface area contributed by atoms with Gasteiger partial charge in [-0.2, -0.15) is 0 Å². The van der Waals surface area contributed by atoms with Crippen molar-refractivity contribution in [3.8, 4) is 5.75 Å². The third kappa shape index (κ3) is 4.28. The molecule has 0 bridgehead atoms. The van der Waals surface area contributed by atoms with Crippen LogP contribution in [0.2, 0.25) is 0 Å². The maximum atomic E-state index is 13.8. The van der Waals surface area contributed by atoms with Gasteiger partial charge in [0.2, 0.25) is 0 Å². The molecule has 2 aliphatic carbocycles. The molecule has 0 saturated heterocycles. The van der Waals surface area contributed by atoms with E-state index in [0.29, 0.717) is 18.3 Å². The number of hydrogen-bond donors (Lipinski definition) is 0. The normalized spacial score (nSPS) is 31.8. The molecule has 0 amide bonds. The average molecular weight is 318 g/mol. The van der Waals surface area contributed by atoms with Gasteiger partial charge in [-0.3, -0.25) is 0 Å². The lowest BCUT2D eigenvalue weighted by Crippen LogP contribution is -2.27. The van der Waals surface area contributed by atoms with Gasteiger partial charge < -0.3 is 4.74 Å². The summed E-state index contributed by atoms with van der Waals surface area (Å²) in [5, 5.41) is 0. The Morgan fingerprint density at radius 1 is 0.957 bits per heavy atom. The summed E-state index contributed by atoms with van der Waals surface area (Å²) in [6.45, 7) is 4.99. The first-order chi connectivity index (χ1) is 11.1. The minimum absolute atomic E-state index is 0.227. The van der Waals surface area contributed by atoms with Crippen molar-refractivity contribution >= 4 is 0 Å². The van der Waals surface area contributed by atoms with Crippen molar-refractivity contribution in [3.63, 3.8) is 0 Å². The predicted molar refractivity (Wildman–Crippen MR) is 93.2 cm³/mol. The maximum Gasteiger partial charge on any atom is 0.165 e. The SMILES string of the molecule is Cc1cccc(F)c1OCC1CCC(C2CCC(C)CC2)CC1. The maximum absolute atomic E-state index is 13.8. The minimum atomic E-state index is -0.227. The number of ether oxygens (including phenoxy) is 1. The molecule has 0 aromatic heterocycles. The highest BCUT2D eigenvalue weighted by atomic mass is 19.1. The van der Waals surface area contributed by atoms with Crippen molar-refractivity contribution in [2.24, 2.45) is 23.7 Å². The summed E-state index contributed by atoms with van der Waals surface area (Å²) < 4.78 is 19.6. The van der Waals surface area contributed by atoms with E-state index >= 15 is 0 Å². The molecule has 0 N–H and O–H groups in total. The fourth-order valence-electron chi connectivity index (χ4n) is 4.58. The molecule has 1 nitrogen and oxygen atoms in total. The molecule has 0 spiro atoms. The first-order valence-electron chi connectivity index (χ1n) is 9.51. The monoisotopic (exact) mass is 318 g/mol. The molecule has 1 aromatic rings. The molecule has 128 valence electrons. The molecular weight excluding hydrogens is 287 g/mol. The van der Waals surface area contributed by atoms with Gasteiger partial charge in [0, 0.05) is 0 Å². The van der Waals surface area contributed by atoms with Crippen LogP contribution in [0.4, 0.5) is 4.39 Å². The van der Waals surface area contributed by atoms with Crippen LogP contribution >= 0.6 is 0 Å². The lowest BCUT2D eigenvalue weighted by molar-refractivity contribution is 0.124. The second-order valence-electron chi connectivity index (χ2n) is 8.00. The summed E-state index contributed by atoms with van der Waals surface area (Å²) in [5.74, 6) is 3.69. The van der Waals surface area contributed by atoms with E-state index in [1.807, 2.05) is 13.0 Å². The van der Waals surface area contributed by atoms with Crippen LogP contribution in [0, 0.1) is 36.4 Å². The number of benzene rings is 1. The molecule has 3 rings (SSSR count). The lowest BCUT2D eigenvalue weighted by atomic mass is 9.69. The third-order valence-corrected chi connectivity index (χ3v) is 6.25. The highest BCUT2D eigenvalue weighted by Gasteiger charge is 2.30. The fraction of sp³-hybridized carbons (Fsp3) is 0.714. The molecule has 0 heterocycles. The number of aryl methyl sites for hydroxylation is 1. The molecule has 23 heavy (non-hydrogen) atoms. The van der Waals surface area contributed by atoms with Crippen LogP contribution in [-0.4, -0.2) is 6.61 Å². The Hall–Kier alpha value is -1.05. The topological polar surface area (TPSA) is 9.23 Å². The molecule has 0 unspecified atom stereocenters. The molecule has 2 heteroatoms. The standard InChI is InChI=1S/C21H31FO/c1-15-6-10-18(11-7-15)19-12-8-17(9-13-19)14-23-21-16(2)4-3-5-20(21)22/h3-5,15,17-19H,6-14H2,1-2H3. The molecule has 0 aliphatic heterocycles. The Bertz CT molecular complexity index is 476. The largest absolute Gasteiger partial charge is 0.490 e. The van der Waals surface area contributed by atoms with Crippen LogP contribution in [-0.2, 0) is 0 Å². The van der Waals surface area contributed by atoms with E-state index in [2.05, 4.69) is 6.92 Å². The Morgan fingerprint density at radius 2 is 1.57 bits per heavy atom. The molecule has 2 fully saturated rings. The van der Waals surface area contributed by atoms with Crippen LogP contribution in [0.5, 0.6) is 5.75 Å². The summed E-state index contributed by atoms with van der Waals surface area (Å²) in [6, 6.07) is 5.15. The van der Waals surface area contributed by atoms with Gasteiger partial charge in [-0.05, 0) is 80.8 Å². The second-order valence-corrected chi connectivity index (χ2v) is 8.00. The quantitative estimate of drug-likeness (QED) is 0.647. The Labute approximate surface area is 140 Å².